The van der Waals surface area contributed by atoms with E-state index in [9.17, 15) is 0 Å². The summed E-state index contributed by atoms with van der Waals surface area (Å²) in [6, 6.07) is 11.7. The molecule has 0 radical (unpaired) electrons. The number of benzene rings is 1. The Morgan fingerprint density at radius 2 is 1.94 bits per heavy atom. The zero-order valence-corrected chi connectivity index (χ0v) is 9.49. The van der Waals surface area contributed by atoms with Gasteiger partial charge in [0.15, 0.2) is 0 Å². The molecule has 2 nitrogen and oxygen atoms in total. The number of rotatable bonds is 1. The average Bonchev–Trinajstić information content (AvgIpc) is 2.30. The Bertz CT molecular complexity index is 553. The molecule has 1 aromatic heterocycles. The van der Waals surface area contributed by atoms with Gasteiger partial charge in [0.25, 0.3) is 0 Å². The van der Waals surface area contributed by atoms with Crippen LogP contribution in [0.5, 0.6) is 0 Å². The molecule has 0 fully saturated rings. The lowest BCUT2D eigenvalue weighted by Gasteiger charge is -2.04. The minimum atomic E-state index is 0.397. The Labute approximate surface area is 99.1 Å². The third-order valence-corrected chi connectivity index (χ3v) is 2.53. The molecule has 78 valence electrons. The van der Waals surface area contributed by atoms with Gasteiger partial charge in [-0.25, -0.2) is 4.98 Å². The molecule has 0 saturated heterocycles. The average molecular weight is 229 g/mol. The molecule has 0 atom stereocenters. The Morgan fingerprint density at radius 1 is 1.25 bits per heavy atom. The van der Waals surface area contributed by atoms with E-state index in [-0.39, 0.29) is 0 Å². The molecule has 0 aliphatic heterocycles. The second kappa shape index (κ2) is 4.34. The van der Waals surface area contributed by atoms with Crippen molar-refractivity contribution >= 4 is 11.6 Å². The van der Waals surface area contributed by atoms with Crippen LogP contribution in [0.1, 0.15) is 11.3 Å². The number of aryl methyl sites for hydroxylation is 1. The van der Waals surface area contributed by atoms with Gasteiger partial charge in [0, 0.05) is 11.8 Å². The van der Waals surface area contributed by atoms with E-state index in [0.29, 0.717) is 10.7 Å². The summed E-state index contributed by atoms with van der Waals surface area (Å²) < 4.78 is 0. The first-order valence-electron chi connectivity index (χ1n) is 4.83. The van der Waals surface area contributed by atoms with Crippen LogP contribution in [0.2, 0.25) is 5.02 Å². The van der Waals surface area contributed by atoms with Gasteiger partial charge in [-0.15, -0.1) is 0 Å². The van der Waals surface area contributed by atoms with Crippen molar-refractivity contribution in [1.29, 1.82) is 5.26 Å². The fourth-order valence-corrected chi connectivity index (χ4v) is 1.64. The summed E-state index contributed by atoms with van der Waals surface area (Å²) in [6.07, 6.45) is 1.48. The van der Waals surface area contributed by atoms with E-state index in [1.54, 1.807) is 6.07 Å². The molecule has 0 spiro atoms. The van der Waals surface area contributed by atoms with Crippen LogP contribution in [0, 0.1) is 18.3 Å². The summed E-state index contributed by atoms with van der Waals surface area (Å²) in [5.41, 5.74) is 3.30. The summed E-state index contributed by atoms with van der Waals surface area (Å²) in [5.74, 6) is 0. The summed E-state index contributed by atoms with van der Waals surface area (Å²) in [6.45, 7) is 2.02. The van der Waals surface area contributed by atoms with Crippen molar-refractivity contribution in [2.45, 2.75) is 6.92 Å². The topological polar surface area (TPSA) is 36.7 Å². The van der Waals surface area contributed by atoms with Gasteiger partial charge in [0.1, 0.15) is 11.8 Å². The van der Waals surface area contributed by atoms with Crippen molar-refractivity contribution in [2.24, 2.45) is 0 Å². The first kappa shape index (κ1) is 10.7. The van der Waals surface area contributed by atoms with Crippen LogP contribution in [0.15, 0.2) is 36.5 Å². The highest BCUT2D eigenvalue weighted by molar-refractivity contribution is 6.30. The smallest absolute Gasteiger partial charge is 0.148 e. The maximum absolute atomic E-state index is 8.97. The molecule has 16 heavy (non-hydrogen) atoms. The molecule has 0 aliphatic carbocycles. The molecule has 0 amide bonds. The number of hydrogen-bond acceptors (Lipinski definition) is 2. The van der Waals surface area contributed by atoms with Crippen LogP contribution in [0.3, 0.4) is 0 Å². The van der Waals surface area contributed by atoms with Crippen molar-refractivity contribution < 1.29 is 0 Å². The molecule has 1 aromatic carbocycles. The maximum Gasteiger partial charge on any atom is 0.148 e. The van der Waals surface area contributed by atoms with E-state index in [1.165, 1.54) is 11.8 Å². The van der Waals surface area contributed by atoms with Gasteiger partial charge in [-0.1, -0.05) is 41.4 Å². The summed E-state index contributed by atoms with van der Waals surface area (Å²) >= 11 is 5.88. The largest absolute Gasteiger partial charge is 0.243 e. The lowest BCUT2D eigenvalue weighted by molar-refractivity contribution is 1.26. The normalized spacial score (nSPS) is 9.81. The Morgan fingerprint density at radius 3 is 2.56 bits per heavy atom. The Balaban J connectivity index is 2.59. The van der Waals surface area contributed by atoms with E-state index >= 15 is 0 Å². The number of nitrogens with zero attached hydrogens (tertiary/aromatic N) is 2. The van der Waals surface area contributed by atoms with Crippen molar-refractivity contribution in [3.63, 3.8) is 0 Å². The van der Waals surface area contributed by atoms with E-state index in [0.717, 1.165) is 11.1 Å². The van der Waals surface area contributed by atoms with Gasteiger partial charge in [-0.05, 0) is 18.6 Å². The van der Waals surface area contributed by atoms with E-state index < -0.39 is 0 Å². The fraction of sp³-hybridized carbons (Fsp3) is 0.0769. The second-order valence-electron chi connectivity index (χ2n) is 3.53. The van der Waals surface area contributed by atoms with Crippen LogP contribution in [0.4, 0.5) is 0 Å². The first-order chi connectivity index (χ1) is 7.70. The second-order valence-corrected chi connectivity index (χ2v) is 3.96. The molecule has 3 heteroatoms. The van der Waals surface area contributed by atoms with Crippen molar-refractivity contribution in [1.82, 2.24) is 4.98 Å². The van der Waals surface area contributed by atoms with Crippen LogP contribution in [0.25, 0.3) is 11.1 Å². The Kier molecular flexibility index (Phi) is 2.89. The van der Waals surface area contributed by atoms with E-state index in [2.05, 4.69) is 11.1 Å². The predicted molar refractivity (Wildman–Crippen MR) is 64.1 cm³/mol. The number of aromatic nitrogens is 1. The number of halogens is 1. The monoisotopic (exact) mass is 228 g/mol. The standard InChI is InChI=1S/C13H9ClN2/c1-9-2-4-10(5-3-9)12-6-11(14)8-16-13(12)7-15/h2-6,8H,1H3. The molecular formula is C13H9ClN2. The highest BCUT2D eigenvalue weighted by atomic mass is 35.5. The zero-order chi connectivity index (χ0) is 11.5. The van der Waals surface area contributed by atoms with E-state index in [4.69, 9.17) is 16.9 Å². The molecular weight excluding hydrogens is 220 g/mol. The number of pyridine rings is 1. The quantitative estimate of drug-likeness (QED) is 0.748. The van der Waals surface area contributed by atoms with Gasteiger partial charge in [-0.2, -0.15) is 5.26 Å². The van der Waals surface area contributed by atoms with Crippen molar-refractivity contribution in [2.75, 3.05) is 0 Å². The highest BCUT2D eigenvalue weighted by Crippen LogP contribution is 2.25. The van der Waals surface area contributed by atoms with Crippen molar-refractivity contribution in [3.05, 3.63) is 52.8 Å². The summed E-state index contributed by atoms with van der Waals surface area (Å²) in [7, 11) is 0. The molecule has 0 aliphatic rings. The number of nitriles is 1. The lowest BCUT2D eigenvalue weighted by Crippen LogP contribution is -1.88. The molecule has 2 rings (SSSR count). The van der Waals surface area contributed by atoms with Gasteiger partial charge < -0.3 is 0 Å². The molecule has 1 heterocycles. The minimum Gasteiger partial charge on any atom is -0.243 e. The van der Waals surface area contributed by atoms with Crippen LogP contribution < -0.4 is 0 Å². The number of hydrogen-bond donors (Lipinski definition) is 0. The molecule has 2 aromatic rings. The van der Waals surface area contributed by atoms with Crippen LogP contribution in [-0.4, -0.2) is 4.98 Å². The maximum atomic E-state index is 8.97. The predicted octanol–water partition coefficient (Wildman–Crippen LogP) is 3.58. The van der Waals surface area contributed by atoms with E-state index in [1.807, 2.05) is 31.2 Å². The molecule has 0 N–H and O–H groups in total. The van der Waals surface area contributed by atoms with Gasteiger partial charge in [0.05, 0.1) is 5.02 Å². The molecule has 0 bridgehead atoms. The van der Waals surface area contributed by atoms with Crippen LogP contribution >= 0.6 is 11.6 Å². The third-order valence-electron chi connectivity index (χ3n) is 2.32. The SMILES string of the molecule is Cc1ccc(-c2cc(Cl)cnc2C#N)cc1. The first-order valence-corrected chi connectivity index (χ1v) is 5.21. The summed E-state index contributed by atoms with van der Waals surface area (Å²) in [4.78, 5) is 4.00. The van der Waals surface area contributed by atoms with Gasteiger partial charge in [0.2, 0.25) is 0 Å². The van der Waals surface area contributed by atoms with Gasteiger partial charge >= 0.3 is 0 Å². The Hall–Kier alpha value is -1.85. The lowest BCUT2D eigenvalue weighted by atomic mass is 10.0. The summed E-state index contributed by atoms with van der Waals surface area (Å²) in [5, 5.41) is 9.51. The minimum absolute atomic E-state index is 0.397. The molecule has 0 saturated carbocycles. The fourth-order valence-electron chi connectivity index (χ4n) is 1.48. The van der Waals surface area contributed by atoms with Crippen molar-refractivity contribution in [3.8, 4) is 17.2 Å². The zero-order valence-electron chi connectivity index (χ0n) is 8.74. The third kappa shape index (κ3) is 2.05. The van der Waals surface area contributed by atoms with Gasteiger partial charge in [-0.3, -0.25) is 0 Å². The van der Waals surface area contributed by atoms with Crippen LogP contribution in [-0.2, 0) is 0 Å². The highest BCUT2D eigenvalue weighted by Gasteiger charge is 2.06. The molecule has 0 unspecified atom stereocenters.